The van der Waals surface area contributed by atoms with E-state index in [4.69, 9.17) is 4.11 Å². The lowest BCUT2D eigenvalue weighted by Gasteiger charge is -2.38. The van der Waals surface area contributed by atoms with Crippen LogP contribution in [0.15, 0.2) is 0 Å². The summed E-state index contributed by atoms with van der Waals surface area (Å²) in [6, 6.07) is -3.24. The molecule has 1 saturated heterocycles. The van der Waals surface area contributed by atoms with Crippen molar-refractivity contribution in [2.45, 2.75) is 51.8 Å². The van der Waals surface area contributed by atoms with Crippen LogP contribution in [-0.4, -0.2) is 24.1 Å². The highest BCUT2D eigenvalue weighted by Crippen LogP contribution is 2.05. The molecule has 0 bridgehead atoms. The van der Waals surface area contributed by atoms with Crippen molar-refractivity contribution >= 4 is 0 Å². The second kappa shape index (κ2) is 2.89. The minimum absolute atomic E-state index is 0.145. The van der Waals surface area contributed by atoms with Crippen molar-refractivity contribution in [2.75, 3.05) is 0 Å². The maximum atomic E-state index is 7.89. The zero-order valence-corrected chi connectivity index (χ0v) is 7.08. The van der Waals surface area contributed by atoms with Gasteiger partial charge in [0.05, 0.1) is 0 Å². The Balaban J connectivity index is 2.93. The lowest BCUT2D eigenvalue weighted by Crippen LogP contribution is -2.62. The van der Waals surface area contributed by atoms with Crippen LogP contribution in [0.3, 0.4) is 0 Å². The largest absolute Gasteiger partial charge is 0.309 e. The molecule has 0 aromatic heterocycles. The average Bonchev–Trinajstić information content (AvgIpc) is 1.80. The molecule has 10 heavy (non-hydrogen) atoms. The number of hydrogen-bond donors (Lipinski definition) is 2. The molecule has 4 unspecified atom stereocenters. The second-order valence-corrected chi connectivity index (χ2v) is 2.92. The van der Waals surface area contributed by atoms with Crippen LogP contribution in [0.2, 0.25) is 0 Å². The SMILES string of the molecule is [2H]C1(C)NC([2H])(C)C([2H])(C)NC1C. The Morgan fingerprint density at radius 3 is 1.90 bits per heavy atom. The molecule has 1 heterocycles. The van der Waals surface area contributed by atoms with Crippen LogP contribution in [0.1, 0.15) is 31.8 Å². The van der Waals surface area contributed by atoms with Crippen molar-refractivity contribution in [1.82, 2.24) is 10.6 Å². The van der Waals surface area contributed by atoms with E-state index in [0.717, 1.165) is 0 Å². The zero-order chi connectivity index (χ0) is 10.5. The van der Waals surface area contributed by atoms with Gasteiger partial charge in [-0.2, -0.15) is 0 Å². The first-order valence-electron chi connectivity index (χ1n) is 5.15. The highest BCUT2D eigenvalue weighted by atomic mass is 15.1. The normalized spacial score (nSPS) is 75.6. The fourth-order valence-electron chi connectivity index (χ4n) is 1.04. The Bertz CT molecular complexity index is 213. The highest BCUT2D eigenvalue weighted by Gasteiger charge is 2.25. The molecular formula is C8H18N2. The van der Waals surface area contributed by atoms with Crippen molar-refractivity contribution in [3.05, 3.63) is 0 Å². The molecule has 2 nitrogen and oxygen atoms in total. The Labute approximate surface area is 67.6 Å². The van der Waals surface area contributed by atoms with Gasteiger partial charge in [-0.05, 0) is 27.7 Å². The second-order valence-electron chi connectivity index (χ2n) is 2.92. The van der Waals surface area contributed by atoms with Gasteiger partial charge in [0.15, 0.2) is 0 Å². The van der Waals surface area contributed by atoms with Gasteiger partial charge in [-0.3, -0.25) is 0 Å². The van der Waals surface area contributed by atoms with E-state index in [2.05, 4.69) is 10.6 Å². The van der Waals surface area contributed by atoms with Crippen molar-refractivity contribution in [1.29, 1.82) is 0 Å². The smallest absolute Gasteiger partial charge is 0.0478 e. The molecule has 1 aliphatic rings. The molecule has 1 fully saturated rings. The molecular weight excluding hydrogens is 124 g/mol. The summed E-state index contributed by atoms with van der Waals surface area (Å²) < 4.78 is 23.7. The average molecular weight is 145 g/mol. The zero-order valence-electron chi connectivity index (χ0n) is 10.1. The van der Waals surface area contributed by atoms with E-state index in [-0.39, 0.29) is 6.04 Å². The maximum absolute atomic E-state index is 7.89. The van der Waals surface area contributed by atoms with Crippen LogP contribution >= 0.6 is 0 Å². The monoisotopic (exact) mass is 145 g/mol. The van der Waals surface area contributed by atoms with Gasteiger partial charge >= 0.3 is 0 Å². The molecule has 1 aliphatic heterocycles. The van der Waals surface area contributed by atoms with Gasteiger partial charge in [0, 0.05) is 28.2 Å². The summed E-state index contributed by atoms with van der Waals surface area (Å²) in [5.41, 5.74) is 0. The van der Waals surface area contributed by atoms with Crippen LogP contribution in [0.4, 0.5) is 0 Å². The maximum Gasteiger partial charge on any atom is 0.0478 e. The minimum atomic E-state index is -1.14. The molecule has 0 aromatic rings. The van der Waals surface area contributed by atoms with Gasteiger partial charge in [0.1, 0.15) is 0 Å². The van der Waals surface area contributed by atoms with Gasteiger partial charge in [-0.25, -0.2) is 0 Å². The Morgan fingerprint density at radius 2 is 1.40 bits per heavy atom. The van der Waals surface area contributed by atoms with E-state index in [1.807, 2.05) is 6.92 Å². The Kier molecular flexibility index (Phi) is 1.37. The van der Waals surface area contributed by atoms with Crippen molar-refractivity contribution in [3.8, 4) is 0 Å². The molecule has 0 aliphatic carbocycles. The molecule has 0 spiro atoms. The fraction of sp³-hybridized carbons (Fsp3) is 1.00. The standard InChI is InChI=1S/C8H18N2/c1-5-6(2)10-8(4)7(3)9-5/h5-10H,1-4H3/i5D,6D,7D. The highest BCUT2D eigenvalue weighted by molar-refractivity contribution is 4.89. The Hall–Kier alpha value is -0.0800. The summed E-state index contributed by atoms with van der Waals surface area (Å²) in [5, 5.41) is 5.82. The van der Waals surface area contributed by atoms with E-state index in [9.17, 15) is 0 Å². The van der Waals surface area contributed by atoms with Crippen LogP contribution in [0.5, 0.6) is 0 Å². The number of rotatable bonds is 0. The van der Waals surface area contributed by atoms with Gasteiger partial charge in [0.2, 0.25) is 0 Å². The third kappa shape index (κ3) is 1.50. The van der Waals surface area contributed by atoms with Crippen molar-refractivity contribution < 1.29 is 4.11 Å². The van der Waals surface area contributed by atoms with Crippen molar-refractivity contribution in [2.24, 2.45) is 0 Å². The van der Waals surface area contributed by atoms with Crippen LogP contribution in [0.25, 0.3) is 0 Å². The summed E-state index contributed by atoms with van der Waals surface area (Å²) in [6.07, 6.45) is 0. The number of nitrogens with one attached hydrogen (secondary N) is 2. The first kappa shape index (κ1) is 4.73. The first-order valence-corrected chi connectivity index (χ1v) is 3.65. The van der Waals surface area contributed by atoms with Gasteiger partial charge in [-0.15, -0.1) is 0 Å². The predicted octanol–water partition coefficient (Wildman–Crippen LogP) is 0.733. The quantitative estimate of drug-likeness (QED) is 0.525. The summed E-state index contributed by atoms with van der Waals surface area (Å²) in [5.74, 6) is 0. The van der Waals surface area contributed by atoms with E-state index in [1.54, 1.807) is 20.8 Å². The van der Waals surface area contributed by atoms with E-state index >= 15 is 0 Å². The van der Waals surface area contributed by atoms with Crippen LogP contribution in [0, 0.1) is 0 Å². The molecule has 0 aromatic carbocycles. The van der Waals surface area contributed by atoms with Gasteiger partial charge in [0.25, 0.3) is 0 Å². The lowest BCUT2D eigenvalue weighted by molar-refractivity contribution is 0.250. The van der Waals surface area contributed by atoms with E-state index in [1.165, 1.54) is 0 Å². The molecule has 60 valence electrons. The van der Waals surface area contributed by atoms with E-state index in [0.29, 0.717) is 0 Å². The summed E-state index contributed by atoms with van der Waals surface area (Å²) in [4.78, 5) is 0. The summed E-state index contributed by atoms with van der Waals surface area (Å²) in [6.45, 7) is 6.83. The van der Waals surface area contributed by atoms with Crippen LogP contribution < -0.4 is 10.6 Å². The molecule has 0 amide bonds. The molecule has 2 N–H and O–H groups in total. The number of piperazine rings is 1. The summed E-state index contributed by atoms with van der Waals surface area (Å²) in [7, 11) is 0. The lowest BCUT2D eigenvalue weighted by atomic mass is 10.0. The molecule has 1 rings (SSSR count). The predicted molar refractivity (Wildman–Crippen MR) is 44.1 cm³/mol. The van der Waals surface area contributed by atoms with Crippen LogP contribution in [-0.2, 0) is 0 Å². The Morgan fingerprint density at radius 1 is 0.900 bits per heavy atom. The van der Waals surface area contributed by atoms with E-state index < -0.39 is 18.1 Å². The van der Waals surface area contributed by atoms with Gasteiger partial charge in [-0.1, -0.05) is 0 Å². The third-order valence-electron chi connectivity index (χ3n) is 2.03. The molecule has 2 heteroatoms. The van der Waals surface area contributed by atoms with Gasteiger partial charge < -0.3 is 10.6 Å². The minimum Gasteiger partial charge on any atom is -0.309 e. The van der Waals surface area contributed by atoms with Crippen molar-refractivity contribution in [3.63, 3.8) is 0 Å². The summed E-state index contributed by atoms with van der Waals surface area (Å²) >= 11 is 0. The third-order valence-corrected chi connectivity index (χ3v) is 2.03. The first-order chi connectivity index (χ1) is 5.58. The topological polar surface area (TPSA) is 24.1 Å². The molecule has 0 radical (unpaired) electrons. The fourth-order valence-corrected chi connectivity index (χ4v) is 1.04. The number of hydrogen-bond acceptors (Lipinski definition) is 2. The molecule has 0 saturated carbocycles. The molecule has 4 atom stereocenters.